The molecule has 1 heterocycles. The van der Waals surface area contributed by atoms with E-state index in [9.17, 15) is 9.18 Å². The molecule has 1 amide bonds. The summed E-state index contributed by atoms with van der Waals surface area (Å²) in [5, 5.41) is 3.93. The first-order valence-corrected chi connectivity index (χ1v) is 5.01. The van der Waals surface area contributed by atoms with Crippen LogP contribution in [0.2, 0.25) is 0 Å². The molecule has 1 aromatic carbocycles. The highest BCUT2D eigenvalue weighted by atomic mass is 19.1. The van der Waals surface area contributed by atoms with Gasteiger partial charge in [0.25, 0.3) is 5.91 Å². The number of carbonyl (C=O) groups excluding carboxylic acids is 1. The Morgan fingerprint density at radius 2 is 2.22 bits per heavy atom. The molecule has 0 fully saturated rings. The Bertz CT molecular complexity index is 609. The molecule has 0 radical (unpaired) electrons. The molecule has 0 bridgehead atoms. The highest BCUT2D eigenvalue weighted by molar-refractivity contribution is 5.90. The Morgan fingerprint density at radius 1 is 1.50 bits per heavy atom. The zero-order chi connectivity index (χ0) is 13.3. The molecule has 18 heavy (non-hydrogen) atoms. The molecule has 6 nitrogen and oxygen atoms in total. The summed E-state index contributed by atoms with van der Waals surface area (Å²) in [5.41, 5.74) is 11.5. The predicted octanol–water partition coefficient (Wildman–Crippen LogP) is 0.701. The van der Waals surface area contributed by atoms with Crippen LogP contribution in [0.5, 0.6) is 5.75 Å². The maximum Gasteiger partial charge on any atom is 0.269 e. The highest BCUT2D eigenvalue weighted by Crippen LogP contribution is 2.26. The topological polar surface area (TPSA) is 96.2 Å². The number of halogens is 1. The summed E-state index contributed by atoms with van der Waals surface area (Å²) in [6.45, 7) is 0. The first-order chi connectivity index (χ1) is 8.52. The van der Waals surface area contributed by atoms with Crippen molar-refractivity contribution in [1.82, 2.24) is 9.78 Å². The maximum absolute atomic E-state index is 13.4. The van der Waals surface area contributed by atoms with Gasteiger partial charge in [0.15, 0.2) is 11.6 Å². The summed E-state index contributed by atoms with van der Waals surface area (Å²) in [6.07, 6.45) is 1.50. The summed E-state index contributed by atoms with van der Waals surface area (Å²) in [4.78, 5) is 10.9. The van der Waals surface area contributed by atoms with Crippen LogP contribution >= 0.6 is 0 Å². The molecule has 0 saturated carbocycles. The third-order valence-electron chi connectivity index (χ3n) is 2.39. The fourth-order valence-electron chi connectivity index (χ4n) is 1.50. The molecule has 1 aromatic heterocycles. The second-order valence-corrected chi connectivity index (χ2v) is 3.56. The molecule has 0 spiro atoms. The smallest absolute Gasteiger partial charge is 0.269 e. The average molecular weight is 250 g/mol. The van der Waals surface area contributed by atoms with E-state index in [2.05, 4.69) is 5.10 Å². The maximum atomic E-state index is 13.4. The van der Waals surface area contributed by atoms with Crippen molar-refractivity contribution < 1.29 is 13.9 Å². The number of nitrogen functional groups attached to an aromatic ring is 1. The van der Waals surface area contributed by atoms with E-state index < -0.39 is 11.7 Å². The van der Waals surface area contributed by atoms with Crippen LogP contribution < -0.4 is 16.2 Å². The number of benzene rings is 1. The van der Waals surface area contributed by atoms with Crippen molar-refractivity contribution in [1.29, 1.82) is 0 Å². The normalized spacial score (nSPS) is 10.3. The molecule has 0 aliphatic heterocycles. The zero-order valence-corrected chi connectivity index (χ0v) is 9.55. The van der Waals surface area contributed by atoms with Gasteiger partial charge in [0.05, 0.1) is 18.5 Å². The van der Waals surface area contributed by atoms with Gasteiger partial charge in [0.2, 0.25) is 0 Å². The van der Waals surface area contributed by atoms with E-state index in [0.29, 0.717) is 5.69 Å². The van der Waals surface area contributed by atoms with E-state index in [0.717, 1.165) is 6.07 Å². The van der Waals surface area contributed by atoms with E-state index in [1.807, 2.05) is 0 Å². The molecule has 0 aliphatic carbocycles. The van der Waals surface area contributed by atoms with Crippen molar-refractivity contribution >= 4 is 11.6 Å². The molecule has 0 unspecified atom stereocenters. The third-order valence-corrected chi connectivity index (χ3v) is 2.39. The SMILES string of the molecule is COc1cc(-n2ccc(C(N)=O)n2)c(N)cc1F. The van der Waals surface area contributed by atoms with Crippen LogP contribution in [0.4, 0.5) is 10.1 Å². The van der Waals surface area contributed by atoms with E-state index in [4.69, 9.17) is 16.2 Å². The molecule has 0 atom stereocenters. The number of primary amides is 1. The van der Waals surface area contributed by atoms with Gasteiger partial charge < -0.3 is 16.2 Å². The second kappa shape index (κ2) is 4.36. The minimum Gasteiger partial charge on any atom is -0.494 e. The molecule has 4 N–H and O–H groups in total. The van der Waals surface area contributed by atoms with Gasteiger partial charge in [-0.1, -0.05) is 0 Å². The number of amides is 1. The monoisotopic (exact) mass is 250 g/mol. The van der Waals surface area contributed by atoms with Crippen molar-refractivity contribution in [3.05, 3.63) is 35.9 Å². The number of hydrogen-bond acceptors (Lipinski definition) is 4. The van der Waals surface area contributed by atoms with Gasteiger partial charge in [-0.25, -0.2) is 9.07 Å². The summed E-state index contributed by atoms with van der Waals surface area (Å²) >= 11 is 0. The van der Waals surface area contributed by atoms with Gasteiger partial charge in [-0.3, -0.25) is 4.79 Å². The van der Waals surface area contributed by atoms with Crippen LogP contribution in [0.15, 0.2) is 24.4 Å². The van der Waals surface area contributed by atoms with Crippen LogP contribution in [0.3, 0.4) is 0 Å². The van der Waals surface area contributed by atoms with Gasteiger partial charge in [-0.15, -0.1) is 0 Å². The summed E-state index contributed by atoms with van der Waals surface area (Å²) < 4.78 is 19.6. The summed E-state index contributed by atoms with van der Waals surface area (Å²) in [6, 6.07) is 3.96. The zero-order valence-electron chi connectivity index (χ0n) is 9.55. The van der Waals surface area contributed by atoms with Crippen molar-refractivity contribution in [3.63, 3.8) is 0 Å². The number of anilines is 1. The van der Waals surface area contributed by atoms with Gasteiger partial charge in [-0.05, 0) is 6.07 Å². The molecule has 2 aromatic rings. The largest absolute Gasteiger partial charge is 0.494 e. The van der Waals surface area contributed by atoms with Gasteiger partial charge >= 0.3 is 0 Å². The number of methoxy groups -OCH3 is 1. The molecule has 94 valence electrons. The Hall–Kier alpha value is -2.57. The van der Waals surface area contributed by atoms with Gasteiger partial charge in [0, 0.05) is 18.3 Å². The molecule has 2 rings (SSSR count). The second-order valence-electron chi connectivity index (χ2n) is 3.56. The quantitative estimate of drug-likeness (QED) is 0.784. The summed E-state index contributed by atoms with van der Waals surface area (Å²) in [7, 11) is 1.34. The minimum absolute atomic E-state index is 0.0373. The molecule has 7 heteroatoms. The fourth-order valence-corrected chi connectivity index (χ4v) is 1.50. The number of hydrogen-bond donors (Lipinski definition) is 2. The summed E-state index contributed by atoms with van der Waals surface area (Å²) in [5.74, 6) is -1.18. The fraction of sp³-hybridized carbons (Fsp3) is 0.0909. The molecular weight excluding hydrogens is 239 g/mol. The first kappa shape index (κ1) is 11.9. The van der Waals surface area contributed by atoms with Crippen LogP contribution in [0.25, 0.3) is 5.69 Å². The molecular formula is C11H11FN4O2. The van der Waals surface area contributed by atoms with Crippen LogP contribution in [-0.2, 0) is 0 Å². The lowest BCUT2D eigenvalue weighted by Crippen LogP contribution is -2.12. The minimum atomic E-state index is -0.651. The number of ether oxygens (including phenoxy) is 1. The number of nitrogens with zero attached hydrogens (tertiary/aromatic N) is 2. The third kappa shape index (κ3) is 1.97. The van der Waals surface area contributed by atoms with E-state index in [1.54, 1.807) is 0 Å². The van der Waals surface area contributed by atoms with E-state index >= 15 is 0 Å². The van der Waals surface area contributed by atoms with Crippen LogP contribution in [-0.4, -0.2) is 22.8 Å². The Morgan fingerprint density at radius 3 is 2.78 bits per heavy atom. The number of carbonyl (C=O) groups is 1. The van der Waals surface area contributed by atoms with Crippen molar-refractivity contribution in [3.8, 4) is 11.4 Å². The predicted molar refractivity (Wildman–Crippen MR) is 63.0 cm³/mol. The van der Waals surface area contributed by atoms with Crippen LogP contribution in [0.1, 0.15) is 10.5 Å². The lowest BCUT2D eigenvalue weighted by Gasteiger charge is -2.09. The lowest BCUT2D eigenvalue weighted by atomic mass is 10.2. The van der Waals surface area contributed by atoms with Crippen LogP contribution in [0, 0.1) is 5.82 Å². The number of nitrogens with two attached hydrogens (primary N) is 2. The number of aromatic nitrogens is 2. The molecule has 0 saturated heterocycles. The standard InChI is InChI=1S/C11H11FN4O2/c1-18-10-5-9(7(13)4-6(10)12)16-3-2-8(15-16)11(14)17/h2-5H,13H2,1H3,(H2,14,17). The lowest BCUT2D eigenvalue weighted by molar-refractivity contribution is 0.0995. The van der Waals surface area contributed by atoms with Crippen molar-refractivity contribution in [2.24, 2.45) is 5.73 Å². The van der Waals surface area contributed by atoms with Gasteiger partial charge in [0.1, 0.15) is 5.69 Å². The Balaban J connectivity index is 2.52. The van der Waals surface area contributed by atoms with E-state index in [1.165, 1.54) is 30.1 Å². The Kier molecular flexibility index (Phi) is 2.88. The van der Waals surface area contributed by atoms with E-state index in [-0.39, 0.29) is 17.1 Å². The highest BCUT2D eigenvalue weighted by Gasteiger charge is 2.12. The first-order valence-electron chi connectivity index (χ1n) is 5.01. The number of rotatable bonds is 3. The average Bonchev–Trinajstić information content (AvgIpc) is 2.78. The Labute approximate surface area is 102 Å². The molecule has 0 aliphatic rings. The van der Waals surface area contributed by atoms with Gasteiger partial charge in [-0.2, -0.15) is 5.10 Å². The van der Waals surface area contributed by atoms with Crippen molar-refractivity contribution in [2.75, 3.05) is 12.8 Å². The van der Waals surface area contributed by atoms with Crippen molar-refractivity contribution in [2.45, 2.75) is 0 Å².